The van der Waals surface area contributed by atoms with E-state index in [1.54, 1.807) is 0 Å². The summed E-state index contributed by atoms with van der Waals surface area (Å²) < 4.78 is 6.35. The van der Waals surface area contributed by atoms with Gasteiger partial charge in [-0.3, -0.25) is 9.69 Å². The van der Waals surface area contributed by atoms with Crippen LogP contribution in [0.3, 0.4) is 0 Å². The fraction of sp³-hybridized carbons (Fsp3) is 0.292. The minimum Gasteiger partial charge on any atom is -0.379 e. The van der Waals surface area contributed by atoms with E-state index in [0.29, 0.717) is 17.1 Å². The highest BCUT2D eigenvalue weighted by atomic mass is 79.9. The van der Waals surface area contributed by atoms with Gasteiger partial charge in [0.15, 0.2) is 0 Å². The minimum atomic E-state index is -0.0636. The number of halogens is 2. The number of morpholine rings is 1. The number of aromatic amines is 1. The first-order chi connectivity index (χ1) is 15.1. The standard InChI is InChI=1S/C24H25BrClN3O2/c25-18-5-8-20-22(16-18)28-21(9-4-17-2-6-19(26)7-3-17)23(20)24(30)27-10-1-11-29-12-14-31-15-13-29/h2-9,16,28H,1,10-15H2,(H,27,30). The second-order valence-corrected chi connectivity index (χ2v) is 8.90. The molecule has 2 N–H and O–H groups in total. The monoisotopic (exact) mass is 501 g/mol. The first kappa shape index (κ1) is 22.1. The third kappa shape index (κ3) is 5.77. The molecule has 0 radical (unpaired) electrons. The van der Waals surface area contributed by atoms with E-state index in [1.807, 2.05) is 54.6 Å². The van der Waals surface area contributed by atoms with E-state index < -0.39 is 0 Å². The summed E-state index contributed by atoms with van der Waals surface area (Å²) in [6, 6.07) is 13.5. The Morgan fingerprint density at radius 1 is 1.16 bits per heavy atom. The molecule has 1 saturated heterocycles. The number of H-pyrrole nitrogens is 1. The Balaban J connectivity index is 1.49. The van der Waals surface area contributed by atoms with Crippen molar-refractivity contribution in [2.24, 2.45) is 0 Å². The number of carbonyl (C=O) groups excluding carboxylic acids is 1. The molecule has 0 saturated carbocycles. The van der Waals surface area contributed by atoms with Crippen LogP contribution in [0.4, 0.5) is 0 Å². The molecule has 1 amide bonds. The summed E-state index contributed by atoms with van der Waals surface area (Å²) in [5.74, 6) is -0.0636. The number of nitrogens with one attached hydrogen (secondary N) is 2. The average molecular weight is 503 g/mol. The van der Waals surface area contributed by atoms with E-state index in [4.69, 9.17) is 16.3 Å². The van der Waals surface area contributed by atoms with Crippen LogP contribution in [-0.2, 0) is 4.74 Å². The second kappa shape index (κ2) is 10.5. The first-order valence-electron chi connectivity index (χ1n) is 10.4. The summed E-state index contributed by atoms with van der Waals surface area (Å²) in [6.45, 7) is 5.12. The van der Waals surface area contributed by atoms with Gasteiger partial charge in [-0.25, -0.2) is 0 Å². The van der Waals surface area contributed by atoms with Crippen LogP contribution in [-0.4, -0.2) is 55.2 Å². The Morgan fingerprint density at radius 3 is 2.71 bits per heavy atom. The molecule has 1 aliphatic heterocycles. The molecule has 4 rings (SSSR count). The summed E-state index contributed by atoms with van der Waals surface area (Å²) in [4.78, 5) is 18.9. The Morgan fingerprint density at radius 2 is 1.94 bits per heavy atom. The number of benzene rings is 2. The smallest absolute Gasteiger partial charge is 0.254 e. The van der Waals surface area contributed by atoms with Gasteiger partial charge in [0.2, 0.25) is 0 Å². The highest BCUT2D eigenvalue weighted by Gasteiger charge is 2.17. The summed E-state index contributed by atoms with van der Waals surface area (Å²) in [6.07, 6.45) is 4.83. The number of ether oxygens (including phenoxy) is 1. The highest BCUT2D eigenvalue weighted by Crippen LogP contribution is 2.27. The first-order valence-corrected chi connectivity index (χ1v) is 11.6. The average Bonchev–Trinajstić information content (AvgIpc) is 3.14. The maximum Gasteiger partial charge on any atom is 0.254 e. The topological polar surface area (TPSA) is 57.4 Å². The highest BCUT2D eigenvalue weighted by molar-refractivity contribution is 9.10. The van der Waals surface area contributed by atoms with Crippen molar-refractivity contribution in [2.45, 2.75) is 6.42 Å². The summed E-state index contributed by atoms with van der Waals surface area (Å²) >= 11 is 9.49. The predicted octanol–water partition coefficient (Wildman–Crippen LogP) is 5.21. The molecule has 1 aliphatic rings. The van der Waals surface area contributed by atoms with Crippen LogP contribution in [0.25, 0.3) is 23.1 Å². The summed E-state index contributed by atoms with van der Waals surface area (Å²) in [5, 5.41) is 4.70. The quantitative estimate of drug-likeness (QED) is 0.436. The largest absolute Gasteiger partial charge is 0.379 e. The third-order valence-corrected chi connectivity index (χ3v) is 6.11. The molecule has 2 aromatic carbocycles. The van der Waals surface area contributed by atoms with Gasteiger partial charge in [0.1, 0.15) is 0 Å². The number of nitrogens with zero attached hydrogens (tertiary/aromatic N) is 1. The Kier molecular flexibility index (Phi) is 7.45. The lowest BCUT2D eigenvalue weighted by Crippen LogP contribution is -2.38. The van der Waals surface area contributed by atoms with Crippen molar-refractivity contribution < 1.29 is 9.53 Å². The van der Waals surface area contributed by atoms with Crippen molar-refractivity contribution in [2.75, 3.05) is 39.4 Å². The fourth-order valence-corrected chi connectivity index (χ4v) is 4.22. The van der Waals surface area contributed by atoms with Crippen molar-refractivity contribution in [3.05, 3.63) is 68.8 Å². The Labute approximate surface area is 195 Å². The molecule has 2 heterocycles. The molecule has 1 fully saturated rings. The van der Waals surface area contributed by atoms with Crippen LogP contribution >= 0.6 is 27.5 Å². The van der Waals surface area contributed by atoms with E-state index in [-0.39, 0.29) is 5.91 Å². The molecule has 0 bridgehead atoms. The lowest BCUT2D eigenvalue weighted by atomic mass is 10.1. The molecule has 5 nitrogen and oxygen atoms in total. The minimum absolute atomic E-state index is 0.0636. The number of fused-ring (bicyclic) bond motifs is 1. The van der Waals surface area contributed by atoms with Gasteiger partial charge in [-0.05, 0) is 48.9 Å². The Hall–Kier alpha value is -2.12. The van der Waals surface area contributed by atoms with Gasteiger partial charge in [-0.2, -0.15) is 0 Å². The lowest BCUT2D eigenvalue weighted by Gasteiger charge is -2.26. The van der Waals surface area contributed by atoms with E-state index in [2.05, 4.69) is 31.1 Å². The molecule has 31 heavy (non-hydrogen) atoms. The van der Waals surface area contributed by atoms with Crippen LogP contribution in [0.5, 0.6) is 0 Å². The van der Waals surface area contributed by atoms with Gasteiger partial charge in [-0.15, -0.1) is 0 Å². The molecular formula is C24H25BrClN3O2. The molecule has 1 aromatic heterocycles. The van der Waals surface area contributed by atoms with Crippen LogP contribution in [0, 0.1) is 0 Å². The van der Waals surface area contributed by atoms with Crippen molar-refractivity contribution >= 4 is 56.5 Å². The molecular weight excluding hydrogens is 478 g/mol. The number of hydrogen-bond donors (Lipinski definition) is 2. The maximum absolute atomic E-state index is 13.1. The zero-order chi connectivity index (χ0) is 21.6. The van der Waals surface area contributed by atoms with Gasteiger partial charge >= 0.3 is 0 Å². The second-order valence-electron chi connectivity index (χ2n) is 7.55. The van der Waals surface area contributed by atoms with Crippen molar-refractivity contribution in [3.63, 3.8) is 0 Å². The predicted molar refractivity (Wildman–Crippen MR) is 131 cm³/mol. The van der Waals surface area contributed by atoms with Crippen LogP contribution < -0.4 is 5.32 Å². The number of carbonyl (C=O) groups is 1. The van der Waals surface area contributed by atoms with Gasteiger partial charge < -0.3 is 15.0 Å². The zero-order valence-corrected chi connectivity index (χ0v) is 19.5. The maximum atomic E-state index is 13.1. The van der Waals surface area contributed by atoms with Crippen molar-refractivity contribution in [3.8, 4) is 0 Å². The van der Waals surface area contributed by atoms with E-state index in [9.17, 15) is 4.79 Å². The Bertz CT molecular complexity index is 1070. The molecule has 3 aromatic rings. The normalized spacial score (nSPS) is 15.0. The lowest BCUT2D eigenvalue weighted by molar-refractivity contribution is 0.0374. The molecule has 0 unspecified atom stereocenters. The molecule has 0 spiro atoms. The third-order valence-electron chi connectivity index (χ3n) is 5.37. The van der Waals surface area contributed by atoms with Crippen LogP contribution in [0.1, 0.15) is 28.0 Å². The molecule has 0 atom stereocenters. The SMILES string of the molecule is O=C(NCCCN1CCOCC1)c1c(C=Cc2ccc(Cl)cc2)[nH]c2cc(Br)ccc12. The van der Waals surface area contributed by atoms with E-state index in [1.165, 1.54) is 0 Å². The van der Waals surface area contributed by atoms with Gasteiger partial charge in [0.05, 0.1) is 24.5 Å². The number of rotatable bonds is 7. The van der Waals surface area contributed by atoms with Crippen molar-refractivity contribution in [1.29, 1.82) is 0 Å². The van der Waals surface area contributed by atoms with Crippen LogP contribution in [0.15, 0.2) is 46.9 Å². The fourth-order valence-electron chi connectivity index (χ4n) is 3.73. The van der Waals surface area contributed by atoms with Crippen LogP contribution in [0.2, 0.25) is 5.02 Å². The number of hydrogen-bond acceptors (Lipinski definition) is 3. The van der Waals surface area contributed by atoms with E-state index >= 15 is 0 Å². The van der Waals surface area contributed by atoms with Crippen molar-refractivity contribution in [1.82, 2.24) is 15.2 Å². The summed E-state index contributed by atoms with van der Waals surface area (Å²) in [5.41, 5.74) is 3.39. The summed E-state index contributed by atoms with van der Waals surface area (Å²) in [7, 11) is 0. The van der Waals surface area contributed by atoms with Gasteiger partial charge in [0, 0.05) is 40.0 Å². The molecule has 7 heteroatoms. The number of aromatic nitrogens is 1. The molecule has 0 aliphatic carbocycles. The molecule has 162 valence electrons. The van der Waals surface area contributed by atoms with E-state index in [0.717, 1.165) is 65.9 Å². The van der Waals surface area contributed by atoms with Gasteiger partial charge in [-0.1, -0.05) is 51.8 Å². The number of amides is 1. The van der Waals surface area contributed by atoms with Gasteiger partial charge in [0.25, 0.3) is 5.91 Å². The zero-order valence-electron chi connectivity index (χ0n) is 17.2.